The molecule has 0 aromatic rings. The van der Waals surface area contributed by atoms with Gasteiger partial charge in [-0.1, -0.05) is 19.8 Å². The predicted molar refractivity (Wildman–Crippen MR) is 88.6 cm³/mol. The van der Waals surface area contributed by atoms with Crippen molar-refractivity contribution in [3.63, 3.8) is 0 Å². The number of halogens is 3. The van der Waals surface area contributed by atoms with Crippen molar-refractivity contribution in [3.8, 4) is 0 Å². The molecule has 0 spiro atoms. The van der Waals surface area contributed by atoms with Crippen LogP contribution in [0, 0.1) is 0 Å². The summed E-state index contributed by atoms with van der Waals surface area (Å²) < 4.78 is 4.56. The molecule has 0 rings (SSSR count). The molecule has 0 amide bonds. The summed E-state index contributed by atoms with van der Waals surface area (Å²) in [5.41, 5.74) is 0. The van der Waals surface area contributed by atoms with E-state index in [9.17, 15) is 0 Å². The summed E-state index contributed by atoms with van der Waals surface area (Å²) in [6.45, 7) is 9.24. The zero-order valence-electron chi connectivity index (χ0n) is 11.0. The topological polar surface area (TPSA) is 0 Å². The van der Waals surface area contributed by atoms with Crippen molar-refractivity contribution in [2.75, 3.05) is 0 Å². The van der Waals surface area contributed by atoms with E-state index < -0.39 is 17.9 Å². The molecular formula is C10H30AlCl3LiTi. The summed E-state index contributed by atoms with van der Waals surface area (Å²) in [5.74, 6) is 0. The van der Waals surface area contributed by atoms with Gasteiger partial charge in [0.15, 0.2) is 0 Å². The van der Waals surface area contributed by atoms with Gasteiger partial charge in [-0.05, 0) is 0 Å². The summed E-state index contributed by atoms with van der Waals surface area (Å²) >= 11 is 0.996. The summed E-state index contributed by atoms with van der Waals surface area (Å²) in [6, 6.07) is 0. The van der Waals surface area contributed by atoms with Crippen LogP contribution in [0.3, 0.4) is 0 Å². The predicted octanol–water partition coefficient (Wildman–Crippen LogP) is 4.37. The van der Waals surface area contributed by atoms with E-state index in [2.05, 4.69) is 27.7 Å². The van der Waals surface area contributed by atoms with E-state index in [4.69, 9.17) is 0 Å². The second-order valence-corrected chi connectivity index (χ2v) is 9.82. The van der Waals surface area contributed by atoms with Gasteiger partial charge in [0.1, 0.15) is 0 Å². The average molecular weight is 338 g/mol. The molecule has 0 fully saturated rings. The average Bonchev–Trinajstić information content (AvgIpc) is 2.10. The summed E-state index contributed by atoms with van der Waals surface area (Å²) in [6.07, 6.45) is 2.83. The van der Waals surface area contributed by atoms with E-state index >= 15 is 0 Å². The van der Waals surface area contributed by atoms with Gasteiger partial charge < -0.3 is 0 Å². The van der Waals surface area contributed by atoms with Gasteiger partial charge in [0, 0.05) is 0 Å². The molecule has 0 atom stereocenters. The molecule has 0 unspecified atom stereocenters. The first kappa shape index (κ1) is 36.3. The zero-order chi connectivity index (χ0) is 9.82. The summed E-state index contributed by atoms with van der Waals surface area (Å²) in [7, 11) is 0. The maximum absolute atomic E-state index is 2.34. The van der Waals surface area contributed by atoms with Crippen LogP contribution in [0.4, 0.5) is 0 Å². The van der Waals surface area contributed by atoms with E-state index in [1.165, 1.54) is 48.6 Å². The van der Waals surface area contributed by atoms with Crippen LogP contribution in [0.15, 0.2) is 0 Å². The molecule has 16 heavy (non-hydrogen) atoms. The molecule has 0 aromatic carbocycles. The first-order chi connectivity index (χ1) is 5.76. The van der Waals surface area contributed by atoms with E-state index in [-0.39, 0.29) is 56.1 Å². The van der Waals surface area contributed by atoms with Gasteiger partial charge in [-0.2, -0.15) is 0 Å². The third-order valence-electron chi connectivity index (χ3n) is 2.21. The Kier molecular flexibility index (Phi) is 81.9. The molecule has 0 aliphatic rings. The molecule has 0 aliphatic carbocycles. The minimum absolute atomic E-state index is 0. The van der Waals surface area contributed by atoms with Crippen LogP contribution < -0.4 is 0 Å². The van der Waals surface area contributed by atoms with Crippen LogP contribution in [0.5, 0.6) is 0 Å². The second-order valence-electron chi connectivity index (χ2n) is 3.16. The van der Waals surface area contributed by atoms with Crippen molar-refractivity contribution in [3.05, 3.63) is 0 Å². The molecule has 0 saturated heterocycles. The van der Waals surface area contributed by atoms with Crippen LogP contribution >= 0.6 is 37.2 Å². The van der Waals surface area contributed by atoms with Crippen LogP contribution in [0.25, 0.3) is 0 Å². The van der Waals surface area contributed by atoms with Gasteiger partial charge in [-0.15, -0.1) is 42.5 Å². The first-order valence-corrected chi connectivity index (χ1v) is 10.3. The van der Waals surface area contributed by atoms with Gasteiger partial charge in [0.25, 0.3) is 0 Å². The molecule has 0 saturated carbocycles. The second kappa shape index (κ2) is 36.1. The Hall–Kier alpha value is 2.71. The molecule has 6 heteroatoms. The fourth-order valence-corrected chi connectivity index (χ4v) is 4.15. The number of hydrogen-bond donors (Lipinski definition) is 0. The van der Waals surface area contributed by atoms with Crippen LogP contribution in [0.1, 0.15) is 40.5 Å². The first-order valence-electron chi connectivity index (χ1n) is 5.60. The molecule has 0 aliphatic heterocycles. The normalized spacial score (nSPS) is 6.50. The Morgan fingerprint density at radius 1 is 0.812 bits per heavy atom. The van der Waals surface area contributed by atoms with E-state index in [0.29, 0.717) is 0 Å². The molecule has 0 aromatic heterocycles. The Balaban J connectivity index is -0.0000000258. The van der Waals surface area contributed by atoms with Gasteiger partial charge in [0.05, 0.1) is 0 Å². The fraction of sp³-hybridized carbons (Fsp3) is 1.00. The number of unbranched alkanes of at least 4 members (excludes halogenated alkanes) is 1. The molecular weight excluding hydrogens is 308 g/mol. The molecule has 0 nitrogen and oxygen atoms in total. The van der Waals surface area contributed by atoms with Gasteiger partial charge in [-0.25, -0.2) is 0 Å². The third-order valence-corrected chi connectivity index (χ3v) is 7.60. The van der Waals surface area contributed by atoms with Crippen LogP contribution in [-0.2, 0) is 17.9 Å². The Morgan fingerprint density at radius 2 is 1.12 bits per heavy atom. The maximum atomic E-state index is 2.34. The van der Waals surface area contributed by atoms with Crippen molar-refractivity contribution >= 4 is 72.4 Å². The van der Waals surface area contributed by atoms with Gasteiger partial charge in [0.2, 0.25) is 16.3 Å². The van der Waals surface area contributed by atoms with Crippen LogP contribution in [0.2, 0.25) is 19.5 Å². The molecule has 99 valence electrons. The standard InChI is InChI=1S/C4H9.3C2H5.Al.3ClH.Li.Ti.3H/c1-3-4-2;3*1-2;;;;;;;;;/h1,3-4H2,2H3;3*1H2,2H3;;3*1H;;;;;. The number of hydrogen-bond acceptors (Lipinski definition) is 0. The Bertz CT molecular complexity index is 71.6. The summed E-state index contributed by atoms with van der Waals surface area (Å²) in [4.78, 5) is 0. The van der Waals surface area contributed by atoms with Crippen molar-refractivity contribution in [2.45, 2.75) is 60.0 Å². The zero-order valence-corrected chi connectivity index (χ0v) is 17.0. The molecule has 0 radical (unpaired) electrons. The Labute approximate surface area is 149 Å². The van der Waals surface area contributed by atoms with E-state index in [1.54, 1.807) is 0 Å². The van der Waals surface area contributed by atoms with Crippen molar-refractivity contribution in [1.82, 2.24) is 0 Å². The SMILES string of the molecule is CCC[CH2][AlH2].C[CH2][Ti]([CH2]C)[CH2]C.Cl.Cl.Cl.[LiH]. The van der Waals surface area contributed by atoms with Gasteiger partial charge >= 0.3 is 71.7 Å². The molecule has 0 N–H and O–H groups in total. The van der Waals surface area contributed by atoms with Crippen molar-refractivity contribution in [2.24, 2.45) is 0 Å². The van der Waals surface area contributed by atoms with E-state index in [0.717, 1.165) is 0 Å². The fourth-order valence-electron chi connectivity index (χ4n) is 1.10. The minimum atomic E-state index is -0.403. The van der Waals surface area contributed by atoms with Crippen LogP contribution in [-0.4, -0.2) is 35.2 Å². The summed E-state index contributed by atoms with van der Waals surface area (Å²) in [5, 5.41) is 1.48. The number of rotatable bonds is 5. The molecule has 0 bridgehead atoms. The van der Waals surface area contributed by atoms with Crippen molar-refractivity contribution in [1.29, 1.82) is 0 Å². The monoisotopic (exact) mass is 337 g/mol. The van der Waals surface area contributed by atoms with Crippen molar-refractivity contribution < 1.29 is 17.9 Å². The Morgan fingerprint density at radius 3 is 1.12 bits per heavy atom. The van der Waals surface area contributed by atoms with Gasteiger partial charge in [-0.3, -0.25) is 0 Å². The quantitative estimate of drug-likeness (QED) is 0.653. The third kappa shape index (κ3) is 36.0. The molecule has 0 heterocycles. The van der Waals surface area contributed by atoms with E-state index in [1.807, 2.05) is 0 Å².